The Morgan fingerprint density at radius 1 is 1.42 bits per heavy atom. The van der Waals surface area contributed by atoms with Gasteiger partial charge in [-0.15, -0.1) is 17.2 Å². The van der Waals surface area contributed by atoms with Gasteiger partial charge >= 0.3 is 8.03 Å². The fourth-order valence-electron chi connectivity index (χ4n) is 0.793. The van der Waals surface area contributed by atoms with Gasteiger partial charge in [-0.1, -0.05) is 17.7 Å². The molecule has 0 amide bonds. The maximum absolute atomic E-state index is 11.2. The molecular weight excluding hydrogens is 191 g/mol. The van der Waals surface area contributed by atoms with Crippen LogP contribution in [0.2, 0.25) is 0 Å². The number of hydrogen-bond donors (Lipinski definition) is 1. The molecular formula is C8H10O2PS+. The minimum Gasteiger partial charge on any atom is -0.146 e. The van der Waals surface area contributed by atoms with Crippen molar-refractivity contribution in [3.05, 3.63) is 29.8 Å². The molecule has 0 aromatic heterocycles. The van der Waals surface area contributed by atoms with Gasteiger partial charge in [0.25, 0.3) is 0 Å². The van der Waals surface area contributed by atoms with Crippen LogP contribution in [0.5, 0.6) is 0 Å². The number of benzene rings is 1. The van der Waals surface area contributed by atoms with Gasteiger partial charge in [-0.05, 0) is 23.6 Å². The summed E-state index contributed by atoms with van der Waals surface area (Å²) in [5.74, 6) is 0.184. The summed E-state index contributed by atoms with van der Waals surface area (Å²) in [5, 5.41) is 0.713. The topological polar surface area (TPSA) is 26.3 Å². The van der Waals surface area contributed by atoms with Gasteiger partial charge in [0.15, 0.2) is 0 Å². The van der Waals surface area contributed by atoms with Crippen molar-refractivity contribution in [2.45, 2.75) is 6.92 Å². The van der Waals surface area contributed by atoms with Crippen LogP contribution in [0, 0.1) is 6.92 Å². The van der Waals surface area contributed by atoms with Crippen LogP contribution in [0.25, 0.3) is 0 Å². The molecule has 1 rings (SSSR count). The molecule has 0 aliphatic heterocycles. The lowest BCUT2D eigenvalue weighted by Gasteiger charge is -1.88. The summed E-state index contributed by atoms with van der Waals surface area (Å²) in [5.41, 5.74) is 1.15. The van der Waals surface area contributed by atoms with E-state index in [0.717, 1.165) is 5.56 Å². The van der Waals surface area contributed by atoms with Crippen LogP contribution in [0.1, 0.15) is 5.56 Å². The summed E-state index contributed by atoms with van der Waals surface area (Å²) in [4.78, 5) is 0. The molecule has 64 valence electrons. The number of thiol groups is 1. The van der Waals surface area contributed by atoms with Crippen molar-refractivity contribution in [1.82, 2.24) is 0 Å². The largest absolute Gasteiger partial charge is 0.549 e. The number of aryl methyl sites for hydroxylation is 1. The van der Waals surface area contributed by atoms with Crippen molar-refractivity contribution in [3.63, 3.8) is 0 Å². The van der Waals surface area contributed by atoms with Gasteiger partial charge in [0.2, 0.25) is 5.30 Å². The van der Waals surface area contributed by atoms with Gasteiger partial charge < -0.3 is 0 Å². The zero-order valence-corrected chi connectivity index (χ0v) is 8.52. The Balaban J connectivity index is 2.75. The summed E-state index contributed by atoms with van der Waals surface area (Å²) in [6.07, 6.45) is 0. The van der Waals surface area contributed by atoms with E-state index >= 15 is 0 Å². The van der Waals surface area contributed by atoms with Gasteiger partial charge in [0.1, 0.15) is 5.94 Å². The predicted octanol–water partition coefficient (Wildman–Crippen LogP) is 2.27. The van der Waals surface area contributed by atoms with Crippen molar-refractivity contribution in [2.24, 2.45) is 0 Å². The molecule has 0 bridgehead atoms. The molecule has 12 heavy (non-hydrogen) atoms. The first-order chi connectivity index (χ1) is 5.74. The quantitative estimate of drug-likeness (QED) is 0.461. The molecule has 0 aliphatic rings. The second-order valence-corrected chi connectivity index (χ2v) is 3.90. The number of hydrogen-bond acceptors (Lipinski definition) is 3. The minimum atomic E-state index is -1.71. The van der Waals surface area contributed by atoms with Crippen molar-refractivity contribution >= 4 is 26.0 Å². The lowest BCUT2D eigenvalue weighted by Crippen LogP contribution is -1.96. The lowest BCUT2D eigenvalue weighted by atomic mass is 10.2. The SMILES string of the molecule is Cc1ccc([P+](=O)OCS)cc1. The Morgan fingerprint density at radius 2 is 2.00 bits per heavy atom. The van der Waals surface area contributed by atoms with Crippen molar-refractivity contribution < 1.29 is 9.09 Å². The summed E-state index contributed by atoms with van der Waals surface area (Å²) in [6, 6.07) is 7.42. The van der Waals surface area contributed by atoms with Gasteiger partial charge in [-0.25, -0.2) is 0 Å². The normalized spacial score (nSPS) is 11.3. The van der Waals surface area contributed by atoms with E-state index in [1.807, 2.05) is 19.1 Å². The van der Waals surface area contributed by atoms with Crippen LogP contribution in [0.15, 0.2) is 24.3 Å². The summed E-state index contributed by atoms with van der Waals surface area (Å²) < 4.78 is 16.1. The molecule has 1 atom stereocenters. The third-order valence-corrected chi connectivity index (χ3v) is 2.84. The number of rotatable bonds is 3. The van der Waals surface area contributed by atoms with E-state index in [0.29, 0.717) is 5.30 Å². The third-order valence-electron chi connectivity index (χ3n) is 1.42. The van der Waals surface area contributed by atoms with Crippen molar-refractivity contribution in [1.29, 1.82) is 0 Å². The minimum absolute atomic E-state index is 0.184. The second kappa shape index (κ2) is 4.61. The zero-order chi connectivity index (χ0) is 8.97. The van der Waals surface area contributed by atoms with Crippen molar-refractivity contribution in [3.8, 4) is 0 Å². The lowest BCUT2D eigenvalue weighted by molar-refractivity contribution is 0.406. The van der Waals surface area contributed by atoms with Crippen molar-refractivity contribution in [2.75, 3.05) is 5.94 Å². The fourth-order valence-corrected chi connectivity index (χ4v) is 1.75. The standard InChI is InChI=1S/C8H9O2PS/c1-7-2-4-8(5-3-7)11(9)10-6-12/h2-5H,6H2,1H3/p+1. The Labute approximate surface area is 78.2 Å². The highest BCUT2D eigenvalue weighted by Crippen LogP contribution is 2.21. The fraction of sp³-hybridized carbons (Fsp3) is 0.250. The van der Waals surface area contributed by atoms with Crippen LogP contribution in [-0.2, 0) is 9.09 Å². The molecule has 0 saturated heterocycles. The molecule has 0 fully saturated rings. The van der Waals surface area contributed by atoms with Gasteiger partial charge in [0.05, 0.1) is 0 Å². The maximum atomic E-state index is 11.2. The Bertz CT molecular complexity index is 271. The molecule has 1 aromatic carbocycles. The van der Waals surface area contributed by atoms with Crippen LogP contribution < -0.4 is 5.30 Å². The van der Waals surface area contributed by atoms with Gasteiger partial charge in [-0.2, -0.15) is 0 Å². The summed E-state index contributed by atoms with van der Waals surface area (Å²) in [7, 11) is -1.71. The van der Waals surface area contributed by atoms with E-state index in [1.54, 1.807) is 12.1 Å². The Kier molecular flexibility index (Phi) is 3.73. The van der Waals surface area contributed by atoms with Crippen LogP contribution >= 0.6 is 20.7 Å². The predicted molar refractivity (Wildman–Crippen MR) is 53.4 cm³/mol. The molecule has 2 nitrogen and oxygen atoms in total. The van der Waals surface area contributed by atoms with Crippen LogP contribution in [0.3, 0.4) is 0 Å². The highest BCUT2D eigenvalue weighted by Gasteiger charge is 2.20. The van der Waals surface area contributed by atoms with Gasteiger partial charge in [0, 0.05) is 0 Å². The summed E-state index contributed by atoms with van der Waals surface area (Å²) >= 11 is 3.82. The molecule has 0 N–H and O–H groups in total. The third kappa shape index (κ3) is 2.59. The Morgan fingerprint density at radius 3 is 2.50 bits per heavy atom. The first-order valence-electron chi connectivity index (χ1n) is 3.52. The Hall–Kier alpha value is -0.370. The van der Waals surface area contributed by atoms with E-state index in [2.05, 4.69) is 12.6 Å². The molecule has 4 heteroatoms. The van der Waals surface area contributed by atoms with E-state index in [4.69, 9.17) is 4.52 Å². The highest BCUT2D eigenvalue weighted by atomic mass is 32.1. The molecule has 0 radical (unpaired) electrons. The molecule has 0 aliphatic carbocycles. The summed E-state index contributed by atoms with van der Waals surface area (Å²) in [6.45, 7) is 1.98. The first kappa shape index (κ1) is 9.72. The zero-order valence-electron chi connectivity index (χ0n) is 6.73. The van der Waals surface area contributed by atoms with Crippen LogP contribution in [0.4, 0.5) is 0 Å². The van der Waals surface area contributed by atoms with E-state index in [1.165, 1.54) is 0 Å². The maximum Gasteiger partial charge on any atom is 0.549 e. The van der Waals surface area contributed by atoms with E-state index < -0.39 is 8.03 Å². The smallest absolute Gasteiger partial charge is 0.146 e. The van der Waals surface area contributed by atoms with E-state index in [-0.39, 0.29) is 5.94 Å². The monoisotopic (exact) mass is 201 g/mol. The average molecular weight is 201 g/mol. The first-order valence-corrected chi connectivity index (χ1v) is 5.32. The molecule has 1 unspecified atom stereocenters. The highest BCUT2D eigenvalue weighted by molar-refractivity contribution is 7.80. The second-order valence-electron chi connectivity index (χ2n) is 2.35. The molecule has 0 saturated carbocycles. The molecule has 0 heterocycles. The molecule has 1 aromatic rings. The van der Waals surface area contributed by atoms with Gasteiger partial charge in [-0.3, -0.25) is 0 Å². The van der Waals surface area contributed by atoms with E-state index in [9.17, 15) is 4.57 Å². The van der Waals surface area contributed by atoms with Crippen LogP contribution in [-0.4, -0.2) is 5.94 Å². The average Bonchev–Trinajstić information content (AvgIpc) is 2.06. The molecule has 0 spiro atoms.